The molecular weight excluding hydrogens is 230 g/mol. The Kier molecular flexibility index (Phi) is 5.32. The van der Waals surface area contributed by atoms with Gasteiger partial charge in [0.1, 0.15) is 6.29 Å². The van der Waals surface area contributed by atoms with Gasteiger partial charge in [0.25, 0.3) is 0 Å². The van der Waals surface area contributed by atoms with Crippen LogP contribution in [-0.4, -0.2) is 25.3 Å². The van der Waals surface area contributed by atoms with Crippen molar-refractivity contribution < 1.29 is 9.59 Å². The lowest BCUT2D eigenvalue weighted by molar-refractivity contribution is -0.122. The van der Waals surface area contributed by atoms with Crippen molar-refractivity contribution in [1.29, 1.82) is 0 Å². The average molecular weight is 249 g/mol. The number of carbonyl (C=O) groups excluding carboxylic acids is 2. The molecule has 5 nitrogen and oxygen atoms in total. The van der Waals surface area contributed by atoms with Gasteiger partial charge in [0.15, 0.2) is 0 Å². The summed E-state index contributed by atoms with van der Waals surface area (Å²) in [6.07, 6.45) is 2.01. The molecule has 0 heterocycles. The van der Waals surface area contributed by atoms with Gasteiger partial charge >= 0.3 is 0 Å². The van der Waals surface area contributed by atoms with Crippen molar-refractivity contribution in [2.45, 2.75) is 25.8 Å². The Morgan fingerprint density at radius 3 is 2.72 bits per heavy atom. The minimum atomic E-state index is -0.446. The highest BCUT2D eigenvalue weighted by molar-refractivity contribution is 5.77. The molecule has 0 saturated carbocycles. The molecule has 0 fully saturated rings. The second kappa shape index (κ2) is 6.76. The Balaban J connectivity index is 2.67. The zero-order valence-corrected chi connectivity index (χ0v) is 10.7. The molecule has 3 N–H and O–H groups in total. The maximum absolute atomic E-state index is 10.9. The van der Waals surface area contributed by atoms with E-state index in [1.165, 1.54) is 6.92 Å². The molecule has 1 atom stereocenters. The number of hydrogen-bond donors (Lipinski definition) is 2. The van der Waals surface area contributed by atoms with Gasteiger partial charge in [0, 0.05) is 14.0 Å². The number of hydrogen-bond acceptors (Lipinski definition) is 4. The van der Waals surface area contributed by atoms with E-state index >= 15 is 0 Å². The second-order valence-corrected chi connectivity index (χ2v) is 4.22. The first-order chi connectivity index (χ1) is 8.54. The molecule has 18 heavy (non-hydrogen) atoms. The molecule has 0 saturated heterocycles. The molecule has 1 aromatic carbocycles. The Bertz CT molecular complexity index is 418. The second-order valence-electron chi connectivity index (χ2n) is 4.22. The van der Waals surface area contributed by atoms with E-state index in [1.54, 1.807) is 12.1 Å². The Morgan fingerprint density at radius 2 is 2.17 bits per heavy atom. The van der Waals surface area contributed by atoms with Crippen molar-refractivity contribution in [3.8, 4) is 0 Å². The number of aldehydes is 1. The fraction of sp³-hybridized carbons (Fsp3) is 0.385. The first kappa shape index (κ1) is 14.2. The fourth-order valence-electron chi connectivity index (χ4n) is 1.81. The number of hydrazine groups is 1. The van der Waals surface area contributed by atoms with E-state index in [0.717, 1.165) is 17.5 Å². The maximum Gasteiger partial charge on any atom is 0.217 e. The number of benzene rings is 1. The normalized spacial score (nSPS) is 11.7. The quantitative estimate of drug-likeness (QED) is 0.440. The zero-order chi connectivity index (χ0) is 13.5. The van der Waals surface area contributed by atoms with E-state index in [2.05, 4.69) is 5.32 Å². The number of para-hydroxylation sites is 1. The van der Waals surface area contributed by atoms with Gasteiger partial charge in [-0.05, 0) is 24.5 Å². The van der Waals surface area contributed by atoms with Crippen molar-refractivity contribution in [2.24, 2.45) is 5.84 Å². The standard InChI is InChI=1S/C13H19N3O2/c1-10(18)15-12(9-17)8-7-11-5-3-4-6-13(11)16(2)14/h3-6,9,12H,7-8,14H2,1-2H3,(H,15,18). The van der Waals surface area contributed by atoms with Crippen LogP contribution in [0.4, 0.5) is 5.69 Å². The van der Waals surface area contributed by atoms with E-state index in [4.69, 9.17) is 5.84 Å². The van der Waals surface area contributed by atoms with Gasteiger partial charge in [0.05, 0.1) is 11.7 Å². The van der Waals surface area contributed by atoms with Gasteiger partial charge in [-0.15, -0.1) is 0 Å². The van der Waals surface area contributed by atoms with E-state index in [9.17, 15) is 9.59 Å². The summed E-state index contributed by atoms with van der Waals surface area (Å²) in [6.45, 7) is 1.40. The monoisotopic (exact) mass is 249 g/mol. The molecule has 0 aliphatic rings. The molecule has 1 rings (SSSR count). The topological polar surface area (TPSA) is 75.4 Å². The smallest absolute Gasteiger partial charge is 0.217 e. The van der Waals surface area contributed by atoms with Gasteiger partial charge in [-0.1, -0.05) is 18.2 Å². The van der Waals surface area contributed by atoms with Crippen molar-refractivity contribution in [1.82, 2.24) is 5.32 Å². The van der Waals surface area contributed by atoms with Gasteiger partial charge in [-0.2, -0.15) is 0 Å². The summed E-state index contributed by atoms with van der Waals surface area (Å²) in [5.41, 5.74) is 1.98. The summed E-state index contributed by atoms with van der Waals surface area (Å²) in [5, 5.41) is 4.14. The van der Waals surface area contributed by atoms with Gasteiger partial charge in [-0.25, -0.2) is 5.84 Å². The lowest BCUT2D eigenvalue weighted by Crippen LogP contribution is -2.34. The first-order valence-corrected chi connectivity index (χ1v) is 5.83. The maximum atomic E-state index is 10.9. The lowest BCUT2D eigenvalue weighted by Gasteiger charge is -2.18. The Morgan fingerprint density at radius 1 is 1.50 bits per heavy atom. The summed E-state index contributed by atoms with van der Waals surface area (Å²) in [7, 11) is 1.77. The number of rotatable bonds is 6. The van der Waals surface area contributed by atoms with Crippen molar-refractivity contribution >= 4 is 17.9 Å². The highest BCUT2D eigenvalue weighted by Gasteiger charge is 2.10. The Hall–Kier alpha value is -1.88. The summed E-state index contributed by atoms with van der Waals surface area (Å²) < 4.78 is 0. The highest BCUT2D eigenvalue weighted by atomic mass is 16.2. The molecule has 5 heteroatoms. The number of amides is 1. The SMILES string of the molecule is CC(=O)NC(C=O)CCc1ccccc1N(C)N. The molecule has 1 unspecified atom stereocenters. The number of nitrogens with two attached hydrogens (primary N) is 1. The van der Waals surface area contributed by atoms with Crippen LogP contribution in [0.1, 0.15) is 18.9 Å². The van der Waals surface area contributed by atoms with Crippen molar-refractivity contribution in [2.75, 3.05) is 12.1 Å². The van der Waals surface area contributed by atoms with Crippen LogP contribution < -0.4 is 16.2 Å². The van der Waals surface area contributed by atoms with Crippen LogP contribution in [0.25, 0.3) is 0 Å². The van der Waals surface area contributed by atoms with Crippen LogP contribution in [0.2, 0.25) is 0 Å². The Labute approximate surface area is 107 Å². The molecule has 0 aliphatic carbocycles. The molecule has 0 radical (unpaired) electrons. The lowest BCUT2D eigenvalue weighted by atomic mass is 10.0. The third-order valence-corrected chi connectivity index (χ3v) is 2.65. The number of nitrogens with one attached hydrogen (secondary N) is 1. The first-order valence-electron chi connectivity index (χ1n) is 5.83. The predicted octanol–water partition coefficient (Wildman–Crippen LogP) is 0.633. The largest absolute Gasteiger partial charge is 0.347 e. The number of nitrogens with zero attached hydrogens (tertiary/aromatic N) is 1. The van der Waals surface area contributed by atoms with Crippen LogP contribution in [0.5, 0.6) is 0 Å². The van der Waals surface area contributed by atoms with E-state index in [1.807, 2.05) is 24.3 Å². The van der Waals surface area contributed by atoms with Gasteiger partial charge in [0.2, 0.25) is 5.91 Å². The molecule has 0 aliphatic heterocycles. The van der Waals surface area contributed by atoms with Crippen LogP contribution in [0.3, 0.4) is 0 Å². The van der Waals surface area contributed by atoms with E-state index in [-0.39, 0.29) is 5.91 Å². The molecule has 0 bridgehead atoms. The number of anilines is 1. The molecule has 0 spiro atoms. The van der Waals surface area contributed by atoms with Crippen LogP contribution >= 0.6 is 0 Å². The molecule has 98 valence electrons. The zero-order valence-electron chi connectivity index (χ0n) is 10.7. The fourth-order valence-corrected chi connectivity index (χ4v) is 1.81. The van der Waals surface area contributed by atoms with E-state index < -0.39 is 6.04 Å². The summed E-state index contributed by atoms with van der Waals surface area (Å²) >= 11 is 0. The molecule has 1 amide bonds. The average Bonchev–Trinajstić information content (AvgIpc) is 2.34. The minimum Gasteiger partial charge on any atom is -0.347 e. The predicted molar refractivity (Wildman–Crippen MR) is 71.0 cm³/mol. The van der Waals surface area contributed by atoms with Crippen LogP contribution in [-0.2, 0) is 16.0 Å². The molecular formula is C13H19N3O2. The van der Waals surface area contributed by atoms with Crippen molar-refractivity contribution in [3.05, 3.63) is 29.8 Å². The van der Waals surface area contributed by atoms with E-state index in [0.29, 0.717) is 12.8 Å². The molecule has 0 aromatic heterocycles. The summed E-state index contributed by atoms with van der Waals surface area (Å²) in [4.78, 5) is 21.7. The summed E-state index contributed by atoms with van der Waals surface area (Å²) in [5.74, 6) is 5.53. The minimum absolute atomic E-state index is 0.198. The highest BCUT2D eigenvalue weighted by Crippen LogP contribution is 2.18. The number of aryl methyl sites for hydroxylation is 1. The van der Waals surface area contributed by atoms with Gasteiger partial charge < -0.3 is 15.1 Å². The summed E-state index contributed by atoms with van der Waals surface area (Å²) in [6, 6.07) is 7.28. The molecule has 1 aromatic rings. The van der Waals surface area contributed by atoms with Crippen molar-refractivity contribution in [3.63, 3.8) is 0 Å². The third kappa shape index (κ3) is 4.18. The number of carbonyl (C=O) groups is 2. The van der Waals surface area contributed by atoms with Gasteiger partial charge in [-0.3, -0.25) is 4.79 Å². The van der Waals surface area contributed by atoms with Crippen LogP contribution in [0.15, 0.2) is 24.3 Å². The van der Waals surface area contributed by atoms with Crippen LogP contribution in [0, 0.1) is 0 Å². The third-order valence-electron chi connectivity index (χ3n) is 2.65.